The molecular formula is C10H18N2O5S. The number of nitrogens with two attached hydrogens (primary N) is 1. The lowest BCUT2D eigenvalue weighted by Gasteiger charge is -2.21. The van der Waals surface area contributed by atoms with E-state index >= 15 is 0 Å². The summed E-state index contributed by atoms with van der Waals surface area (Å²) in [7, 11) is -3.48. The van der Waals surface area contributed by atoms with Gasteiger partial charge in [0.1, 0.15) is 5.54 Å². The molecule has 2 aliphatic heterocycles. The zero-order valence-electron chi connectivity index (χ0n) is 10.0. The first kappa shape index (κ1) is 13.7. The average Bonchev–Trinajstić information content (AvgIpc) is 2.87. The number of hydrogen-bond donors (Lipinski definition) is 2. The number of rotatable bonds is 4. The van der Waals surface area contributed by atoms with Crippen LogP contribution in [0.25, 0.3) is 0 Å². The van der Waals surface area contributed by atoms with E-state index in [0.717, 1.165) is 12.8 Å². The number of carbonyl (C=O) groups is 1. The lowest BCUT2D eigenvalue weighted by Crippen LogP contribution is -2.51. The fourth-order valence-corrected chi connectivity index (χ4v) is 4.07. The fraction of sp³-hybridized carbons (Fsp3) is 0.900. The van der Waals surface area contributed by atoms with E-state index in [2.05, 4.69) is 0 Å². The van der Waals surface area contributed by atoms with Gasteiger partial charge in [0.25, 0.3) is 0 Å². The molecule has 104 valence electrons. The number of carboxylic acid groups (broad SMARTS) is 1. The molecule has 2 aliphatic rings. The molecule has 2 saturated heterocycles. The molecule has 2 atom stereocenters. The van der Waals surface area contributed by atoms with Crippen LogP contribution in [0.5, 0.6) is 0 Å². The Bertz CT molecular complexity index is 432. The molecule has 0 saturated carbocycles. The van der Waals surface area contributed by atoms with Crippen LogP contribution in [0.1, 0.15) is 19.3 Å². The molecule has 0 aliphatic carbocycles. The molecule has 2 unspecified atom stereocenters. The van der Waals surface area contributed by atoms with Gasteiger partial charge < -0.3 is 15.6 Å². The first-order valence-electron chi connectivity index (χ1n) is 5.95. The van der Waals surface area contributed by atoms with Crippen molar-refractivity contribution in [3.05, 3.63) is 0 Å². The molecule has 2 fully saturated rings. The summed E-state index contributed by atoms with van der Waals surface area (Å²) in [6.45, 7) is 0.603. The van der Waals surface area contributed by atoms with E-state index < -0.39 is 21.5 Å². The highest BCUT2D eigenvalue weighted by atomic mass is 32.2. The molecule has 0 spiro atoms. The lowest BCUT2D eigenvalue weighted by molar-refractivity contribution is -0.142. The van der Waals surface area contributed by atoms with E-state index in [9.17, 15) is 13.2 Å². The summed E-state index contributed by atoms with van der Waals surface area (Å²) in [6.07, 6.45) is 1.48. The second-order valence-electron chi connectivity index (χ2n) is 4.96. The van der Waals surface area contributed by atoms with Crippen LogP contribution in [0.2, 0.25) is 0 Å². The summed E-state index contributed by atoms with van der Waals surface area (Å²) in [5, 5.41) is 8.97. The Morgan fingerprint density at radius 3 is 2.78 bits per heavy atom. The summed E-state index contributed by atoms with van der Waals surface area (Å²) >= 11 is 0. The van der Waals surface area contributed by atoms with Gasteiger partial charge in [-0.1, -0.05) is 0 Å². The quantitative estimate of drug-likeness (QED) is 0.681. The van der Waals surface area contributed by atoms with Gasteiger partial charge >= 0.3 is 5.97 Å². The highest BCUT2D eigenvalue weighted by Gasteiger charge is 2.45. The number of carboxylic acids is 1. The molecule has 0 aromatic rings. The summed E-state index contributed by atoms with van der Waals surface area (Å²) in [6, 6.07) is 0. The molecule has 7 nitrogen and oxygen atoms in total. The summed E-state index contributed by atoms with van der Waals surface area (Å²) in [5.74, 6) is -1.24. The van der Waals surface area contributed by atoms with Crippen molar-refractivity contribution in [1.82, 2.24) is 4.31 Å². The maximum absolute atomic E-state index is 12.1. The first-order chi connectivity index (χ1) is 8.33. The lowest BCUT2D eigenvalue weighted by atomic mass is 10.0. The maximum atomic E-state index is 12.1. The number of aliphatic carboxylic acids is 1. The number of hydrogen-bond acceptors (Lipinski definition) is 5. The van der Waals surface area contributed by atoms with Gasteiger partial charge in [0.2, 0.25) is 10.0 Å². The second-order valence-corrected chi connectivity index (χ2v) is 6.97. The predicted octanol–water partition coefficient (Wildman–Crippen LogP) is -1.02. The monoisotopic (exact) mass is 278 g/mol. The summed E-state index contributed by atoms with van der Waals surface area (Å²) < 4.78 is 30.7. The molecule has 2 heterocycles. The van der Waals surface area contributed by atoms with Gasteiger partial charge in [-0.2, -0.15) is 4.31 Å². The minimum Gasteiger partial charge on any atom is -0.480 e. The number of nitrogens with zero attached hydrogens (tertiary/aromatic N) is 1. The average molecular weight is 278 g/mol. The van der Waals surface area contributed by atoms with Crippen molar-refractivity contribution in [3.63, 3.8) is 0 Å². The standard InChI is InChI=1S/C10H18N2O5S/c11-10(9(13)14)3-4-12(7-10)18(15,16)6-8-2-1-5-17-8/h8H,1-7,11H2,(H,13,14). The van der Waals surface area contributed by atoms with Gasteiger partial charge in [-0.15, -0.1) is 0 Å². The van der Waals surface area contributed by atoms with Gasteiger partial charge in [0.15, 0.2) is 0 Å². The van der Waals surface area contributed by atoms with Crippen molar-refractivity contribution in [2.75, 3.05) is 25.4 Å². The molecule has 18 heavy (non-hydrogen) atoms. The molecule has 0 bridgehead atoms. The Kier molecular flexibility index (Phi) is 3.63. The SMILES string of the molecule is NC1(C(=O)O)CCN(S(=O)(=O)CC2CCCO2)C1. The second kappa shape index (κ2) is 4.76. The molecule has 0 radical (unpaired) electrons. The molecule has 0 aromatic heterocycles. The van der Waals surface area contributed by atoms with Crippen molar-refractivity contribution < 1.29 is 23.1 Å². The van der Waals surface area contributed by atoms with Crippen molar-refractivity contribution in [3.8, 4) is 0 Å². The number of sulfonamides is 1. The molecular weight excluding hydrogens is 260 g/mol. The smallest absolute Gasteiger partial charge is 0.325 e. The Labute approximate surface area is 106 Å². The van der Waals surface area contributed by atoms with Crippen molar-refractivity contribution >= 4 is 16.0 Å². The minimum atomic E-state index is -3.48. The molecule has 2 rings (SSSR count). The molecule has 0 amide bonds. The summed E-state index contributed by atoms with van der Waals surface area (Å²) in [5.41, 5.74) is 4.21. The van der Waals surface area contributed by atoms with Crippen LogP contribution in [0, 0.1) is 0 Å². The highest BCUT2D eigenvalue weighted by molar-refractivity contribution is 7.89. The van der Waals surface area contributed by atoms with Crippen LogP contribution < -0.4 is 5.73 Å². The summed E-state index contributed by atoms with van der Waals surface area (Å²) in [4.78, 5) is 11.0. The van der Waals surface area contributed by atoms with E-state index in [0.29, 0.717) is 6.61 Å². The van der Waals surface area contributed by atoms with E-state index in [4.69, 9.17) is 15.6 Å². The van der Waals surface area contributed by atoms with Gasteiger partial charge in [-0.3, -0.25) is 4.79 Å². The molecule has 0 aromatic carbocycles. The highest BCUT2D eigenvalue weighted by Crippen LogP contribution is 2.24. The van der Waals surface area contributed by atoms with E-state index in [1.165, 1.54) is 4.31 Å². The fourth-order valence-electron chi connectivity index (χ4n) is 2.33. The van der Waals surface area contributed by atoms with Crippen LogP contribution in [-0.2, 0) is 19.6 Å². The maximum Gasteiger partial charge on any atom is 0.325 e. The van der Waals surface area contributed by atoms with Gasteiger partial charge in [-0.25, -0.2) is 8.42 Å². The van der Waals surface area contributed by atoms with Crippen molar-refractivity contribution in [2.24, 2.45) is 5.73 Å². The Morgan fingerprint density at radius 1 is 1.56 bits per heavy atom. The third-order valence-electron chi connectivity index (χ3n) is 3.51. The third kappa shape index (κ3) is 2.66. The largest absolute Gasteiger partial charge is 0.480 e. The van der Waals surface area contributed by atoms with Crippen LogP contribution in [0.3, 0.4) is 0 Å². The zero-order valence-corrected chi connectivity index (χ0v) is 10.9. The number of ether oxygens (including phenoxy) is 1. The van der Waals surface area contributed by atoms with Gasteiger partial charge in [0.05, 0.1) is 11.9 Å². The predicted molar refractivity (Wildman–Crippen MR) is 63.5 cm³/mol. The van der Waals surface area contributed by atoms with Crippen molar-refractivity contribution in [1.29, 1.82) is 0 Å². The Hall–Kier alpha value is -0.700. The van der Waals surface area contributed by atoms with Gasteiger partial charge in [0, 0.05) is 19.7 Å². The Balaban J connectivity index is 2.01. The van der Waals surface area contributed by atoms with Crippen LogP contribution in [-0.4, -0.2) is 60.9 Å². The van der Waals surface area contributed by atoms with E-state index in [1.807, 2.05) is 0 Å². The van der Waals surface area contributed by atoms with Crippen LogP contribution >= 0.6 is 0 Å². The topological polar surface area (TPSA) is 110 Å². The third-order valence-corrected chi connectivity index (χ3v) is 5.40. The minimum absolute atomic E-state index is 0.0807. The van der Waals surface area contributed by atoms with Crippen LogP contribution in [0.4, 0.5) is 0 Å². The zero-order chi connectivity index (χ0) is 13.4. The molecule has 8 heteroatoms. The van der Waals surface area contributed by atoms with E-state index in [1.54, 1.807) is 0 Å². The van der Waals surface area contributed by atoms with Crippen molar-refractivity contribution in [2.45, 2.75) is 30.9 Å². The molecule has 3 N–H and O–H groups in total. The van der Waals surface area contributed by atoms with Crippen LogP contribution in [0.15, 0.2) is 0 Å². The first-order valence-corrected chi connectivity index (χ1v) is 7.56. The van der Waals surface area contributed by atoms with E-state index in [-0.39, 0.29) is 31.4 Å². The normalized spacial score (nSPS) is 33.9. The van der Waals surface area contributed by atoms with Gasteiger partial charge in [-0.05, 0) is 19.3 Å². The Morgan fingerprint density at radius 2 is 2.28 bits per heavy atom.